The third-order valence-electron chi connectivity index (χ3n) is 2.61. The van der Waals surface area contributed by atoms with E-state index in [9.17, 15) is 0 Å². The molecule has 1 aromatic heterocycles. The van der Waals surface area contributed by atoms with Gasteiger partial charge in [0.25, 0.3) is 0 Å². The smallest absolute Gasteiger partial charge is 0.124 e. The number of hydrogen-bond acceptors (Lipinski definition) is 2. The SMILES string of the molecule is N#Cc1c[nH]c2cc3c(cc12)CCO3. The van der Waals surface area contributed by atoms with Crippen molar-refractivity contribution in [3.63, 3.8) is 0 Å². The Labute approximate surface area is 80.9 Å². The van der Waals surface area contributed by atoms with E-state index < -0.39 is 0 Å². The van der Waals surface area contributed by atoms with Crippen LogP contribution in [0.2, 0.25) is 0 Å². The van der Waals surface area contributed by atoms with Gasteiger partial charge in [-0.1, -0.05) is 0 Å². The molecule has 1 aromatic carbocycles. The highest BCUT2D eigenvalue weighted by atomic mass is 16.5. The first kappa shape index (κ1) is 7.45. The summed E-state index contributed by atoms with van der Waals surface area (Å²) in [6.07, 6.45) is 2.68. The lowest BCUT2D eigenvalue weighted by Gasteiger charge is -1.98. The van der Waals surface area contributed by atoms with Gasteiger partial charge >= 0.3 is 0 Å². The molecule has 0 unspecified atom stereocenters. The Kier molecular flexibility index (Phi) is 1.34. The molecule has 14 heavy (non-hydrogen) atoms. The Morgan fingerprint density at radius 3 is 3.21 bits per heavy atom. The molecule has 3 heteroatoms. The second-order valence-electron chi connectivity index (χ2n) is 3.42. The Bertz CT molecular complexity index is 548. The molecule has 2 aromatic rings. The first-order valence-corrected chi connectivity index (χ1v) is 4.55. The summed E-state index contributed by atoms with van der Waals surface area (Å²) in [5, 5.41) is 9.87. The van der Waals surface area contributed by atoms with Gasteiger partial charge in [-0.25, -0.2) is 0 Å². The number of nitriles is 1. The molecule has 1 aliphatic rings. The summed E-state index contributed by atoms with van der Waals surface area (Å²) in [5.41, 5.74) is 2.88. The molecule has 0 saturated heterocycles. The summed E-state index contributed by atoms with van der Waals surface area (Å²) in [6, 6.07) is 6.19. The van der Waals surface area contributed by atoms with Crippen molar-refractivity contribution in [2.45, 2.75) is 6.42 Å². The predicted molar refractivity (Wildman–Crippen MR) is 52.2 cm³/mol. The normalized spacial score (nSPS) is 13.6. The highest BCUT2D eigenvalue weighted by Gasteiger charge is 2.14. The molecule has 0 fully saturated rings. The van der Waals surface area contributed by atoms with Crippen LogP contribution in [0.1, 0.15) is 11.1 Å². The first-order valence-electron chi connectivity index (χ1n) is 4.55. The molecule has 68 valence electrons. The number of fused-ring (bicyclic) bond motifs is 2. The molecule has 0 saturated carbocycles. The van der Waals surface area contributed by atoms with Gasteiger partial charge in [0.2, 0.25) is 0 Å². The van der Waals surface area contributed by atoms with Crippen molar-refractivity contribution < 1.29 is 4.74 Å². The van der Waals surface area contributed by atoms with Crippen LogP contribution in [0, 0.1) is 11.3 Å². The molecule has 0 aliphatic carbocycles. The Hall–Kier alpha value is -1.95. The van der Waals surface area contributed by atoms with Crippen molar-refractivity contribution in [3.05, 3.63) is 29.5 Å². The number of ether oxygens (including phenoxy) is 1. The molecule has 3 nitrogen and oxygen atoms in total. The van der Waals surface area contributed by atoms with E-state index in [0.29, 0.717) is 5.56 Å². The highest BCUT2D eigenvalue weighted by molar-refractivity contribution is 5.88. The molecule has 0 amide bonds. The summed E-state index contributed by atoms with van der Waals surface area (Å²) in [4.78, 5) is 3.07. The fourth-order valence-corrected chi connectivity index (χ4v) is 1.89. The van der Waals surface area contributed by atoms with E-state index in [4.69, 9.17) is 10.00 Å². The summed E-state index contributed by atoms with van der Waals surface area (Å²) in [7, 11) is 0. The summed E-state index contributed by atoms with van der Waals surface area (Å²) in [5.74, 6) is 0.948. The van der Waals surface area contributed by atoms with Crippen LogP contribution in [0.25, 0.3) is 10.9 Å². The number of aromatic amines is 1. The maximum atomic E-state index is 8.87. The standard InChI is InChI=1S/C11H8N2O/c12-5-8-6-13-10-4-11-7(1-2-14-11)3-9(8)10/h3-4,6,13H,1-2H2. The van der Waals surface area contributed by atoms with Gasteiger partial charge in [0.15, 0.2) is 0 Å². The van der Waals surface area contributed by atoms with Crippen molar-refractivity contribution in [2.24, 2.45) is 0 Å². The average molecular weight is 184 g/mol. The van der Waals surface area contributed by atoms with Gasteiger partial charge in [0, 0.05) is 24.1 Å². The van der Waals surface area contributed by atoms with E-state index in [-0.39, 0.29) is 0 Å². The molecule has 2 heterocycles. The van der Waals surface area contributed by atoms with Crippen LogP contribution in [0.4, 0.5) is 0 Å². The quantitative estimate of drug-likeness (QED) is 0.680. The van der Waals surface area contributed by atoms with E-state index >= 15 is 0 Å². The van der Waals surface area contributed by atoms with Crippen LogP contribution in [-0.4, -0.2) is 11.6 Å². The fourth-order valence-electron chi connectivity index (χ4n) is 1.89. The molecule has 1 aliphatic heterocycles. The lowest BCUT2D eigenvalue weighted by atomic mass is 10.1. The topological polar surface area (TPSA) is 48.8 Å². The molecule has 1 N–H and O–H groups in total. The minimum absolute atomic E-state index is 0.703. The molecule has 0 spiro atoms. The molecule has 0 radical (unpaired) electrons. The van der Waals surface area contributed by atoms with Crippen LogP contribution in [0.5, 0.6) is 5.75 Å². The van der Waals surface area contributed by atoms with Crippen LogP contribution < -0.4 is 4.74 Å². The lowest BCUT2D eigenvalue weighted by molar-refractivity contribution is 0.357. The average Bonchev–Trinajstić information content (AvgIpc) is 2.78. The van der Waals surface area contributed by atoms with Gasteiger partial charge in [-0.05, 0) is 11.6 Å². The van der Waals surface area contributed by atoms with Gasteiger partial charge in [0.05, 0.1) is 17.7 Å². The third kappa shape index (κ3) is 0.854. The largest absolute Gasteiger partial charge is 0.493 e. The second-order valence-corrected chi connectivity index (χ2v) is 3.42. The van der Waals surface area contributed by atoms with E-state index in [0.717, 1.165) is 29.7 Å². The van der Waals surface area contributed by atoms with Crippen molar-refractivity contribution in [1.29, 1.82) is 5.26 Å². The predicted octanol–water partition coefficient (Wildman–Crippen LogP) is 1.97. The Morgan fingerprint density at radius 1 is 1.43 bits per heavy atom. The molecule has 3 rings (SSSR count). The Balaban J connectivity index is 2.37. The van der Waals surface area contributed by atoms with Crippen molar-refractivity contribution in [1.82, 2.24) is 4.98 Å². The third-order valence-corrected chi connectivity index (χ3v) is 2.61. The molecular weight excluding hydrogens is 176 g/mol. The van der Waals surface area contributed by atoms with E-state index in [2.05, 4.69) is 11.1 Å². The summed E-state index contributed by atoms with van der Waals surface area (Å²) in [6.45, 7) is 0.754. The lowest BCUT2D eigenvalue weighted by Crippen LogP contribution is -1.85. The highest BCUT2D eigenvalue weighted by Crippen LogP contribution is 2.31. The van der Waals surface area contributed by atoms with Gasteiger partial charge in [-0.15, -0.1) is 0 Å². The van der Waals surface area contributed by atoms with Gasteiger partial charge in [0.1, 0.15) is 11.8 Å². The molecule has 0 atom stereocenters. The van der Waals surface area contributed by atoms with Gasteiger partial charge in [-0.2, -0.15) is 5.26 Å². The van der Waals surface area contributed by atoms with Crippen molar-refractivity contribution in [2.75, 3.05) is 6.61 Å². The number of nitrogens with zero attached hydrogens (tertiary/aromatic N) is 1. The van der Waals surface area contributed by atoms with Crippen LogP contribution in [0.3, 0.4) is 0 Å². The second kappa shape index (κ2) is 2.52. The molecular formula is C11H8N2O. The van der Waals surface area contributed by atoms with Crippen molar-refractivity contribution >= 4 is 10.9 Å². The Morgan fingerprint density at radius 2 is 2.36 bits per heavy atom. The fraction of sp³-hybridized carbons (Fsp3) is 0.182. The van der Waals surface area contributed by atoms with E-state index in [1.165, 1.54) is 5.56 Å². The van der Waals surface area contributed by atoms with Gasteiger partial charge in [-0.3, -0.25) is 0 Å². The zero-order valence-corrected chi connectivity index (χ0v) is 7.50. The minimum atomic E-state index is 0.703. The van der Waals surface area contributed by atoms with Gasteiger partial charge < -0.3 is 9.72 Å². The number of benzene rings is 1. The first-order chi connectivity index (χ1) is 6.88. The minimum Gasteiger partial charge on any atom is -0.493 e. The number of hydrogen-bond donors (Lipinski definition) is 1. The zero-order valence-electron chi connectivity index (χ0n) is 7.50. The maximum Gasteiger partial charge on any atom is 0.124 e. The number of rotatable bonds is 0. The van der Waals surface area contributed by atoms with Crippen molar-refractivity contribution in [3.8, 4) is 11.8 Å². The number of nitrogens with one attached hydrogen (secondary N) is 1. The monoisotopic (exact) mass is 184 g/mol. The van der Waals surface area contributed by atoms with Crippen LogP contribution in [-0.2, 0) is 6.42 Å². The number of H-pyrrole nitrogens is 1. The van der Waals surface area contributed by atoms with Crippen LogP contribution in [0.15, 0.2) is 18.3 Å². The summed E-state index contributed by atoms with van der Waals surface area (Å²) >= 11 is 0. The van der Waals surface area contributed by atoms with E-state index in [1.807, 2.05) is 12.1 Å². The maximum absolute atomic E-state index is 8.87. The molecule has 0 bridgehead atoms. The van der Waals surface area contributed by atoms with E-state index in [1.54, 1.807) is 6.20 Å². The van der Waals surface area contributed by atoms with Crippen LogP contribution >= 0.6 is 0 Å². The zero-order chi connectivity index (χ0) is 9.54. The summed E-state index contributed by atoms with van der Waals surface area (Å²) < 4.78 is 5.45. The number of aromatic nitrogens is 1.